The third-order valence-corrected chi connectivity index (χ3v) is 3.61. The highest BCUT2D eigenvalue weighted by Gasteiger charge is 2.23. The number of anilines is 2. The van der Waals surface area contributed by atoms with E-state index in [1.54, 1.807) is 12.1 Å². The van der Waals surface area contributed by atoms with Crippen LogP contribution in [0.2, 0.25) is 0 Å². The number of esters is 1. The van der Waals surface area contributed by atoms with Gasteiger partial charge in [-0.3, -0.25) is 0 Å². The van der Waals surface area contributed by atoms with Crippen LogP contribution >= 0.6 is 0 Å². The normalized spacial score (nSPS) is 16.2. The monoisotopic (exact) mass is 304 g/mol. The summed E-state index contributed by atoms with van der Waals surface area (Å²) in [5.41, 5.74) is 1.93. The van der Waals surface area contributed by atoms with Crippen molar-refractivity contribution in [1.82, 2.24) is 0 Å². The van der Waals surface area contributed by atoms with Gasteiger partial charge in [0.25, 0.3) is 0 Å². The molecule has 22 heavy (non-hydrogen) atoms. The maximum Gasteiger partial charge on any atom is 0.340 e. The van der Waals surface area contributed by atoms with Crippen LogP contribution in [0.5, 0.6) is 0 Å². The maximum atomic E-state index is 13.9. The molecule has 1 aliphatic heterocycles. The highest BCUT2D eigenvalue weighted by molar-refractivity contribution is 5.92. The maximum absolute atomic E-state index is 13.9. The van der Waals surface area contributed by atoms with Crippen LogP contribution in [0.25, 0.3) is 0 Å². The summed E-state index contributed by atoms with van der Waals surface area (Å²) in [5.74, 6) is -1.67. The van der Waals surface area contributed by atoms with E-state index in [4.69, 9.17) is 0 Å². The van der Waals surface area contributed by atoms with Crippen LogP contribution in [-0.2, 0) is 4.74 Å². The number of carbonyl (C=O) groups excluding carboxylic acids is 1. The Bertz CT molecular complexity index is 717. The molecule has 0 amide bonds. The Morgan fingerprint density at radius 2 is 1.91 bits per heavy atom. The third kappa shape index (κ3) is 2.59. The molecular formula is C16H14F2N2O2. The number of hydrogen-bond donors (Lipinski definition) is 2. The molecule has 1 unspecified atom stereocenters. The Balaban J connectivity index is 1.91. The lowest BCUT2D eigenvalue weighted by Crippen LogP contribution is -2.26. The summed E-state index contributed by atoms with van der Waals surface area (Å²) in [6, 6.07) is 8.71. The standard InChI is InChI=1S/C16H14F2N2O2/c1-22-16(21)11-6-14-13(7-12(11)18)19-8-15(20-14)9-2-4-10(17)5-3-9/h2-7,15,19-20H,8H2,1H3. The van der Waals surface area contributed by atoms with Gasteiger partial charge in [0.05, 0.1) is 30.1 Å². The second-order valence-corrected chi connectivity index (χ2v) is 5.00. The van der Waals surface area contributed by atoms with E-state index in [2.05, 4.69) is 15.4 Å². The molecule has 0 spiro atoms. The van der Waals surface area contributed by atoms with Crippen LogP contribution in [0.1, 0.15) is 22.0 Å². The van der Waals surface area contributed by atoms with Gasteiger partial charge in [0.1, 0.15) is 11.6 Å². The molecule has 1 aliphatic rings. The molecule has 2 N–H and O–H groups in total. The van der Waals surface area contributed by atoms with Crippen molar-refractivity contribution >= 4 is 17.3 Å². The summed E-state index contributed by atoms with van der Waals surface area (Å²) in [7, 11) is 1.20. The zero-order valence-electron chi connectivity index (χ0n) is 11.8. The quantitative estimate of drug-likeness (QED) is 0.836. The highest BCUT2D eigenvalue weighted by atomic mass is 19.1. The van der Waals surface area contributed by atoms with E-state index in [0.29, 0.717) is 17.9 Å². The molecule has 1 heterocycles. The van der Waals surface area contributed by atoms with Gasteiger partial charge in [0.2, 0.25) is 0 Å². The van der Waals surface area contributed by atoms with Crippen LogP contribution in [0, 0.1) is 11.6 Å². The van der Waals surface area contributed by atoms with Crippen molar-refractivity contribution in [2.75, 3.05) is 24.3 Å². The minimum Gasteiger partial charge on any atom is -0.465 e. The van der Waals surface area contributed by atoms with Gasteiger partial charge in [-0.15, -0.1) is 0 Å². The molecule has 2 aromatic rings. The van der Waals surface area contributed by atoms with Crippen molar-refractivity contribution in [2.24, 2.45) is 0 Å². The van der Waals surface area contributed by atoms with E-state index in [0.717, 1.165) is 5.56 Å². The average molecular weight is 304 g/mol. The molecule has 0 aromatic heterocycles. The SMILES string of the molecule is COC(=O)c1cc2c(cc1F)NCC(c1ccc(F)cc1)N2. The number of halogens is 2. The molecule has 0 fully saturated rings. The minimum atomic E-state index is -0.731. The summed E-state index contributed by atoms with van der Waals surface area (Å²) in [4.78, 5) is 11.6. The third-order valence-electron chi connectivity index (χ3n) is 3.61. The topological polar surface area (TPSA) is 50.4 Å². The van der Waals surface area contributed by atoms with E-state index in [1.165, 1.54) is 31.4 Å². The van der Waals surface area contributed by atoms with Gasteiger partial charge in [0, 0.05) is 6.54 Å². The molecule has 0 saturated heterocycles. The number of benzene rings is 2. The van der Waals surface area contributed by atoms with Gasteiger partial charge in [0.15, 0.2) is 0 Å². The summed E-state index contributed by atoms with van der Waals surface area (Å²) in [6.45, 7) is 0.523. The Labute approximate surface area is 126 Å². The fourth-order valence-electron chi connectivity index (χ4n) is 2.45. The summed E-state index contributed by atoms with van der Waals surface area (Å²) >= 11 is 0. The number of ether oxygens (including phenoxy) is 1. The second kappa shape index (κ2) is 5.63. The van der Waals surface area contributed by atoms with E-state index in [9.17, 15) is 13.6 Å². The number of rotatable bonds is 2. The minimum absolute atomic E-state index is 0.107. The van der Waals surface area contributed by atoms with Crippen LogP contribution in [0.15, 0.2) is 36.4 Å². The summed E-state index contributed by atoms with van der Waals surface area (Å²) < 4.78 is 31.4. The Hall–Kier alpha value is -2.63. The first kappa shape index (κ1) is 14.3. The Morgan fingerprint density at radius 3 is 2.59 bits per heavy atom. The molecule has 1 atom stereocenters. The fraction of sp³-hybridized carbons (Fsp3) is 0.188. The average Bonchev–Trinajstić information content (AvgIpc) is 2.54. The van der Waals surface area contributed by atoms with Gasteiger partial charge in [-0.2, -0.15) is 0 Å². The van der Waals surface area contributed by atoms with Crippen molar-refractivity contribution in [2.45, 2.75) is 6.04 Å². The molecule has 3 rings (SSSR count). The number of nitrogens with one attached hydrogen (secondary N) is 2. The molecule has 2 aromatic carbocycles. The van der Waals surface area contributed by atoms with Gasteiger partial charge < -0.3 is 15.4 Å². The predicted octanol–water partition coefficient (Wildman–Crippen LogP) is 3.33. The van der Waals surface area contributed by atoms with Crippen molar-refractivity contribution in [3.05, 3.63) is 59.2 Å². The second-order valence-electron chi connectivity index (χ2n) is 5.00. The highest BCUT2D eigenvalue weighted by Crippen LogP contribution is 2.33. The lowest BCUT2D eigenvalue weighted by Gasteiger charge is -2.29. The molecule has 0 saturated carbocycles. The first-order valence-electron chi connectivity index (χ1n) is 6.76. The Kier molecular flexibility index (Phi) is 3.66. The van der Waals surface area contributed by atoms with E-state index in [-0.39, 0.29) is 17.4 Å². The lowest BCUT2D eigenvalue weighted by atomic mass is 10.0. The molecule has 0 radical (unpaired) electrons. The molecule has 4 nitrogen and oxygen atoms in total. The van der Waals surface area contributed by atoms with Gasteiger partial charge in [-0.05, 0) is 29.8 Å². The van der Waals surface area contributed by atoms with Crippen molar-refractivity contribution in [3.8, 4) is 0 Å². The summed E-state index contributed by atoms with van der Waals surface area (Å²) in [6.07, 6.45) is 0. The zero-order valence-corrected chi connectivity index (χ0v) is 11.8. The van der Waals surface area contributed by atoms with Gasteiger partial charge in [-0.1, -0.05) is 12.1 Å². The number of hydrogen-bond acceptors (Lipinski definition) is 4. The van der Waals surface area contributed by atoms with E-state index in [1.807, 2.05) is 0 Å². The Morgan fingerprint density at radius 1 is 1.18 bits per heavy atom. The molecule has 114 valence electrons. The zero-order chi connectivity index (χ0) is 15.7. The smallest absolute Gasteiger partial charge is 0.340 e. The first-order valence-corrected chi connectivity index (χ1v) is 6.76. The van der Waals surface area contributed by atoms with E-state index >= 15 is 0 Å². The lowest BCUT2D eigenvalue weighted by molar-refractivity contribution is 0.0595. The fourth-order valence-corrected chi connectivity index (χ4v) is 2.45. The molecule has 6 heteroatoms. The molecular weight excluding hydrogens is 290 g/mol. The van der Waals surface area contributed by atoms with Crippen LogP contribution < -0.4 is 10.6 Å². The van der Waals surface area contributed by atoms with Crippen LogP contribution in [0.3, 0.4) is 0 Å². The van der Waals surface area contributed by atoms with Crippen molar-refractivity contribution < 1.29 is 18.3 Å². The molecule has 0 bridgehead atoms. The largest absolute Gasteiger partial charge is 0.465 e. The van der Waals surface area contributed by atoms with Gasteiger partial charge >= 0.3 is 5.97 Å². The number of fused-ring (bicyclic) bond motifs is 1. The van der Waals surface area contributed by atoms with E-state index < -0.39 is 11.8 Å². The molecule has 0 aliphatic carbocycles. The van der Waals surface area contributed by atoms with Crippen molar-refractivity contribution in [1.29, 1.82) is 0 Å². The first-order chi connectivity index (χ1) is 10.6. The number of carbonyl (C=O) groups is 1. The van der Waals surface area contributed by atoms with Crippen LogP contribution in [0.4, 0.5) is 20.2 Å². The van der Waals surface area contributed by atoms with Crippen molar-refractivity contribution in [3.63, 3.8) is 0 Å². The van der Waals surface area contributed by atoms with Crippen LogP contribution in [-0.4, -0.2) is 19.6 Å². The summed E-state index contributed by atoms with van der Waals surface area (Å²) in [5, 5.41) is 6.32. The number of methoxy groups -OCH3 is 1. The predicted molar refractivity (Wildman–Crippen MR) is 79.0 cm³/mol. The van der Waals surface area contributed by atoms with Gasteiger partial charge in [-0.25, -0.2) is 13.6 Å².